The minimum Gasteiger partial charge on any atom is -0.396 e. The third kappa shape index (κ3) is 5.91. The van der Waals surface area contributed by atoms with Gasteiger partial charge in [-0.3, -0.25) is 0 Å². The van der Waals surface area contributed by atoms with E-state index in [4.69, 9.17) is 16.7 Å². The van der Waals surface area contributed by atoms with Crippen LogP contribution in [-0.2, 0) is 0 Å². The number of nitrogens with one attached hydrogen (secondary N) is 1. The molecule has 0 heterocycles. The van der Waals surface area contributed by atoms with E-state index in [1.54, 1.807) is 6.07 Å². The molecule has 108 valence electrons. The van der Waals surface area contributed by atoms with E-state index in [-0.39, 0.29) is 12.0 Å². The van der Waals surface area contributed by atoms with Gasteiger partial charge in [0.1, 0.15) is 0 Å². The molecule has 1 atom stereocenters. The van der Waals surface area contributed by atoms with Crippen molar-refractivity contribution in [2.24, 2.45) is 5.41 Å². The highest BCUT2D eigenvalue weighted by molar-refractivity contribution is 6.31. The van der Waals surface area contributed by atoms with Crippen LogP contribution in [0.1, 0.15) is 38.4 Å². The zero-order chi connectivity index (χ0) is 14.3. The molecule has 0 saturated carbocycles. The van der Waals surface area contributed by atoms with Crippen molar-refractivity contribution < 1.29 is 10.2 Å². The highest BCUT2D eigenvalue weighted by Gasteiger charge is 2.18. The summed E-state index contributed by atoms with van der Waals surface area (Å²) in [6, 6.07) is 7.34. The van der Waals surface area contributed by atoms with Gasteiger partial charge < -0.3 is 15.5 Å². The van der Waals surface area contributed by atoms with Crippen LogP contribution < -0.4 is 5.32 Å². The van der Waals surface area contributed by atoms with Gasteiger partial charge in [-0.1, -0.05) is 43.6 Å². The Morgan fingerprint density at radius 1 is 1.32 bits per heavy atom. The van der Waals surface area contributed by atoms with Crippen molar-refractivity contribution in [3.05, 3.63) is 34.9 Å². The van der Waals surface area contributed by atoms with Gasteiger partial charge in [-0.05, 0) is 24.3 Å². The molecule has 3 nitrogen and oxygen atoms in total. The molecular weight excluding hydrogens is 262 g/mol. The van der Waals surface area contributed by atoms with Crippen LogP contribution in [0.4, 0.5) is 0 Å². The highest BCUT2D eigenvalue weighted by Crippen LogP contribution is 2.23. The Hall–Kier alpha value is -0.610. The Balaban J connectivity index is 2.39. The summed E-state index contributed by atoms with van der Waals surface area (Å²) in [7, 11) is 0. The average Bonchev–Trinajstić information content (AvgIpc) is 2.36. The summed E-state index contributed by atoms with van der Waals surface area (Å²) < 4.78 is 0. The van der Waals surface area contributed by atoms with E-state index in [0.29, 0.717) is 11.6 Å². The number of hydrogen-bond acceptors (Lipinski definition) is 3. The maximum Gasteiger partial charge on any atom is 0.0928 e. The molecule has 0 fully saturated rings. The van der Waals surface area contributed by atoms with Gasteiger partial charge in [0.15, 0.2) is 0 Å². The van der Waals surface area contributed by atoms with Crippen molar-refractivity contribution >= 4 is 11.6 Å². The lowest BCUT2D eigenvalue weighted by atomic mass is 9.88. The summed E-state index contributed by atoms with van der Waals surface area (Å²) in [6.07, 6.45) is 1.17. The van der Waals surface area contributed by atoms with Crippen molar-refractivity contribution in [1.82, 2.24) is 5.32 Å². The van der Waals surface area contributed by atoms with Crippen LogP contribution in [-0.4, -0.2) is 29.9 Å². The van der Waals surface area contributed by atoms with E-state index < -0.39 is 6.10 Å². The van der Waals surface area contributed by atoms with Gasteiger partial charge in [-0.2, -0.15) is 0 Å². The Kier molecular flexibility index (Phi) is 6.80. The number of hydrogen-bond donors (Lipinski definition) is 3. The van der Waals surface area contributed by atoms with E-state index in [1.807, 2.05) is 18.2 Å². The minimum atomic E-state index is -0.595. The second kappa shape index (κ2) is 7.85. The summed E-state index contributed by atoms with van der Waals surface area (Å²) in [5.41, 5.74) is 0.868. The van der Waals surface area contributed by atoms with Crippen LogP contribution >= 0.6 is 11.6 Å². The van der Waals surface area contributed by atoms with Gasteiger partial charge in [0.2, 0.25) is 0 Å². The Labute approximate surface area is 120 Å². The molecule has 0 radical (unpaired) electrons. The SMILES string of the molecule is CC(C)(CCCO)CNCC(O)c1ccccc1Cl. The molecule has 0 spiro atoms. The molecule has 0 aliphatic heterocycles. The lowest BCUT2D eigenvalue weighted by Gasteiger charge is -2.25. The molecule has 1 unspecified atom stereocenters. The molecule has 0 bridgehead atoms. The molecular formula is C15H24ClNO2. The summed E-state index contributed by atoms with van der Waals surface area (Å²) in [6.45, 7) is 5.81. The monoisotopic (exact) mass is 285 g/mol. The summed E-state index contributed by atoms with van der Waals surface area (Å²) in [5.74, 6) is 0. The first-order chi connectivity index (χ1) is 8.96. The number of halogens is 1. The molecule has 0 amide bonds. The van der Waals surface area contributed by atoms with E-state index in [0.717, 1.165) is 24.9 Å². The summed E-state index contributed by atoms with van der Waals surface area (Å²) in [5, 5.41) is 22.8. The van der Waals surface area contributed by atoms with Crippen molar-refractivity contribution in [3.8, 4) is 0 Å². The van der Waals surface area contributed by atoms with Gasteiger partial charge in [-0.15, -0.1) is 0 Å². The van der Waals surface area contributed by atoms with Crippen LogP contribution in [0.2, 0.25) is 5.02 Å². The normalized spacial score (nSPS) is 13.5. The maximum atomic E-state index is 10.1. The number of aliphatic hydroxyl groups excluding tert-OH is 2. The molecule has 4 heteroatoms. The molecule has 1 aromatic rings. The van der Waals surface area contributed by atoms with Gasteiger partial charge >= 0.3 is 0 Å². The minimum absolute atomic E-state index is 0.114. The molecule has 0 aromatic heterocycles. The average molecular weight is 286 g/mol. The summed E-state index contributed by atoms with van der Waals surface area (Å²) >= 11 is 6.04. The van der Waals surface area contributed by atoms with Crippen molar-refractivity contribution in [3.63, 3.8) is 0 Å². The van der Waals surface area contributed by atoms with E-state index in [9.17, 15) is 5.11 Å². The van der Waals surface area contributed by atoms with E-state index in [2.05, 4.69) is 19.2 Å². The van der Waals surface area contributed by atoms with E-state index >= 15 is 0 Å². The molecule has 1 rings (SSSR count). The first-order valence-corrected chi connectivity index (χ1v) is 7.08. The standard InChI is InChI=1S/C15H24ClNO2/c1-15(2,8-5-9-18)11-17-10-14(19)12-6-3-4-7-13(12)16/h3-4,6-7,14,17-19H,5,8-11H2,1-2H3. The quantitative estimate of drug-likeness (QED) is 0.688. The molecule has 0 aliphatic rings. The van der Waals surface area contributed by atoms with Gasteiger partial charge in [0, 0.05) is 30.3 Å². The second-order valence-corrected chi connectivity index (χ2v) is 6.07. The maximum absolute atomic E-state index is 10.1. The summed E-state index contributed by atoms with van der Waals surface area (Å²) in [4.78, 5) is 0. The lowest BCUT2D eigenvalue weighted by Crippen LogP contribution is -2.32. The Morgan fingerprint density at radius 3 is 2.63 bits per heavy atom. The topological polar surface area (TPSA) is 52.5 Å². The fourth-order valence-corrected chi connectivity index (χ4v) is 2.31. The smallest absolute Gasteiger partial charge is 0.0928 e. The van der Waals surface area contributed by atoms with Gasteiger partial charge in [0.25, 0.3) is 0 Å². The van der Waals surface area contributed by atoms with Gasteiger partial charge in [-0.25, -0.2) is 0 Å². The van der Waals surface area contributed by atoms with Crippen LogP contribution in [0.5, 0.6) is 0 Å². The predicted molar refractivity (Wildman–Crippen MR) is 79.4 cm³/mol. The van der Waals surface area contributed by atoms with Crippen molar-refractivity contribution in [2.75, 3.05) is 19.7 Å². The van der Waals surface area contributed by atoms with Crippen LogP contribution in [0.3, 0.4) is 0 Å². The highest BCUT2D eigenvalue weighted by atomic mass is 35.5. The zero-order valence-corrected chi connectivity index (χ0v) is 12.5. The molecule has 19 heavy (non-hydrogen) atoms. The number of aliphatic hydroxyl groups is 2. The number of rotatable bonds is 8. The molecule has 0 aliphatic carbocycles. The van der Waals surface area contributed by atoms with Crippen LogP contribution in [0.25, 0.3) is 0 Å². The third-order valence-electron chi connectivity index (χ3n) is 3.22. The largest absolute Gasteiger partial charge is 0.396 e. The lowest BCUT2D eigenvalue weighted by molar-refractivity contribution is 0.165. The molecule has 3 N–H and O–H groups in total. The van der Waals surface area contributed by atoms with E-state index in [1.165, 1.54) is 0 Å². The zero-order valence-electron chi connectivity index (χ0n) is 11.7. The fraction of sp³-hybridized carbons (Fsp3) is 0.600. The molecule has 0 saturated heterocycles. The van der Waals surface area contributed by atoms with Crippen molar-refractivity contribution in [1.29, 1.82) is 0 Å². The molecule has 1 aromatic carbocycles. The fourth-order valence-electron chi connectivity index (χ4n) is 2.05. The van der Waals surface area contributed by atoms with Crippen LogP contribution in [0, 0.1) is 5.41 Å². The second-order valence-electron chi connectivity index (χ2n) is 5.66. The van der Waals surface area contributed by atoms with Gasteiger partial charge in [0.05, 0.1) is 6.10 Å². The first-order valence-electron chi connectivity index (χ1n) is 6.70. The predicted octanol–water partition coefficient (Wildman–Crippen LogP) is 2.76. The van der Waals surface area contributed by atoms with Crippen LogP contribution in [0.15, 0.2) is 24.3 Å². The first kappa shape index (κ1) is 16.4. The number of benzene rings is 1. The van der Waals surface area contributed by atoms with Crippen molar-refractivity contribution in [2.45, 2.75) is 32.8 Å². The Morgan fingerprint density at radius 2 is 2.00 bits per heavy atom. The Bertz CT molecular complexity index is 382. The third-order valence-corrected chi connectivity index (χ3v) is 3.56.